The molecule has 0 aliphatic heterocycles. The van der Waals surface area contributed by atoms with Crippen LogP contribution in [0.5, 0.6) is 0 Å². The molecule has 0 atom stereocenters. The van der Waals surface area contributed by atoms with Crippen molar-refractivity contribution in [2.24, 2.45) is 0 Å². The van der Waals surface area contributed by atoms with E-state index in [1.54, 1.807) is 0 Å². The zero-order valence-electron chi connectivity index (χ0n) is 12.3. The number of rotatable bonds is 9. The second-order valence-corrected chi connectivity index (χ2v) is 6.01. The Morgan fingerprint density at radius 2 is 1.81 bits per heavy atom. The first-order valence-corrected chi connectivity index (χ1v) is 8.06. The van der Waals surface area contributed by atoms with E-state index in [2.05, 4.69) is 21.2 Å². The van der Waals surface area contributed by atoms with E-state index in [-0.39, 0.29) is 12.3 Å². The quantitative estimate of drug-likeness (QED) is 0.659. The maximum atomic E-state index is 12.0. The van der Waals surface area contributed by atoms with Gasteiger partial charge in [-0.15, -0.1) is 0 Å². The molecule has 0 aromatic heterocycles. The molecule has 0 aliphatic carbocycles. The van der Waals surface area contributed by atoms with Gasteiger partial charge in [0.1, 0.15) is 0 Å². The molecule has 0 radical (unpaired) electrons. The van der Waals surface area contributed by atoms with Crippen LogP contribution in [0.25, 0.3) is 0 Å². The molecule has 0 fully saturated rings. The Kier molecular flexibility index (Phi) is 8.05. The monoisotopic (exact) mass is 355 g/mol. The van der Waals surface area contributed by atoms with Crippen molar-refractivity contribution in [2.75, 3.05) is 6.54 Å². The molecule has 0 bridgehead atoms. The van der Waals surface area contributed by atoms with E-state index in [4.69, 9.17) is 5.11 Å². The fourth-order valence-electron chi connectivity index (χ4n) is 2.03. The van der Waals surface area contributed by atoms with Crippen LogP contribution in [0.15, 0.2) is 22.7 Å². The van der Waals surface area contributed by atoms with Gasteiger partial charge in [-0.2, -0.15) is 0 Å². The normalized spacial score (nSPS) is 10.4. The van der Waals surface area contributed by atoms with Gasteiger partial charge in [0.05, 0.1) is 5.56 Å². The molecule has 5 heteroatoms. The fourth-order valence-corrected chi connectivity index (χ4v) is 2.71. The lowest BCUT2D eigenvalue weighted by Crippen LogP contribution is -2.24. The molecular formula is C16H22BrNO3. The van der Waals surface area contributed by atoms with Crippen LogP contribution in [0.3, 0.4) is 0 Å². The number of halogens is 1. The molecule has 2 N–H and O–H groups in total. The summed E-state index contributed by atoms with van der Waals surface area (Å²) in [6.07, 6.45) is 4.86. The number of hydrogen-bond donors (Lipinski definition) is 2. The van der Waals surface area contributed by atoms with Crippen LogP contribution in [0, 0.1) is 6.92 Å². The third-order valence-corrected chi connectivity index (χ3v) is 3.88. The van der Waals surface area contributed by atoms with E-state index < -0.39 is 5.97 Å². The van der Waals surface area contributed by atoms with Crippen molar-refractivity contribution in [1.29, 1.82) is 0 Å². The molecule has 0 aliphatic rings. The third kappa shape index (κ3) is 7.27. The highest BCUT2D eigenvalue weighted by Crippen LogP contribution is 2.18. The third-order valence-electron chi connectivity index (χ3n) is 3.22. The number of carbonyl (C=O) groups excluding carboxylic acids is 1. The summed E-state index contributed by atoms with van der Waals surface area (Å²) >= 11 is 3.40. The molecule has 1 rings (SSSR count). The summed E-state index contributed by atoms with van der Waals surface area (Å²) in [5.74, 6) is -0.793. The Balaban J connectivity index is 2.15. The van der Waals surface area contributed by atoms with Crippen LogP contribution in [0.1, 0.15) is 54.4 Å². The van der Waals surface area contributed by atoms with E-state index in [0.29, 0.717) is 12.1 Å². The van der Waals surface area contributed by atoms with Crippen molar-refractivity contribution in [1.82, 2.24) is 5.32 Å². The fraction of sp³-hybridized carbons (Fsp3) is 0.500. The summed E-state index contributed by atoms with van der Waals surface area (Å²) in [5, 5.41) is 11.4. The van der Waals surface area contributed by atoms with E-state index in [0.717, 1.165) is 42.1 Å². The summed E-state index contributed by atoms with van der Waals surface area (Å²) < 4.78 is 0.814. The topological polar surface area (TPSA) is 66.4 Å². The molecular weight excluding hydrogens is 334 g/mol. The highest BCUT2D eigenvalue weighted by atomic mass is 79.9. The van der Waals surface area contributed by atoms with Gasteiger partial charge in [0.2, 0.25) is 0 Å². The number of unbranched alkanes of at least 4 members (excludes halogenated alkanes) is 4. The predicted octanol–water partition coefficient (Wildman–Crippen LogP) is 3.91. The minimum Gasteiger partial charge on any atom is -0.481 e. The first-order chi connectivity index (χ1) is 10.0. The Labute approximate surface area is 134 Å². The average molecular weight is 356 g/mol. The number of carboxylic acid groups (broad SMARTS) is 1. The molecule has 0 saturated heterocycles. The summed E-state index contributed by atoms with van der Waals surface area (Å²) in [4.78, 5) is 22.3. The number of benzene rings is 1. The van der Waals surface area contributed by atoms with Gasteiger partial charge in [-0.25, -0.2) is 0 Å². The van der Waals surface area contributed by atoms with Crippen molar-refractivity contribution in [3.63, 3.8) is 0 Å². The Morgan fingerprint density at radius 3 is 2.48 bits per heavy atom. The van der Waals surface area contributed by atoms with Gasteiger partial charge >= 0.3 is 5.97 Å². The molecule has 0 unspecified atom stereocenters. The van der Waals surface area contributed by atoms with Crippen molar-refractivity contribution < 1.29 is 14.7 Å². The number of aliphatic carboxylic acids is 1. The standard InChI is InChI=1S/C16H22BrNO3/c1-12-8-9-13(14(17)11-12)16(21)18-10-6-4-2-3-5-7-15(19)20/h8-9,11H,2-7,10H2,1H3,(H,18,21)(H,19,20). The molecule has 1 amide bonds. The Hall–Kier alpha value is -1.36. The zero-order chi connectivity index (χ0) is 15.7. The molecule has 21 heavy (non-hydrogen) atoms. The predicted molar refractivity (Wildman–Crippen MR) is 86.6 cm³/mol. The van der Waals surface area contributed by atoms with E-state index >= 15 is 0 Å². The maximum absolute atomic E-state index is 12.0. The lowest BCUT2D eigenvalue weighted by Gasteiger charge is -2.07. The van der Waals surface area contributed by atoms with Gasteiger partial charge in [-0.3, -0.25) is 9.59 Å². The molecule has 0 spiro atoms. The summed E-state index contributed by atoms with van der Waals surface area (Å²) in [6, 6.07) is 5.67. The van der Waals surface area contributed by atoms with E-state index in [1.807, 2.05) is 25.1 Å². The Bertz CT molecular complexity index is 488. The van der Waals surface area contributed by atoms with Crippen LogP contribution in [0.2, 0.25) is 0 Å². The van der Waals surface area contributed by atoms with E-state index in [9.17, 15) is 9.59 Å². The average Bonchev–Trinajstić information content (AvgIpc) is 2.41. The summed E-state index contributed by atoms with van der Waals surface area (Å²) in [7, 11) is 0. The molecule has 0 saturated carbocycles. The van der Waals surface area contributed by atoms with Gasteiger partial charge in [0, 0.05) is 17.4 Å². The van der Waals surface area contributed by atoms with Crippen LogP contribution in [0.4, 0.5) is 0 Å². The second kappa shape index (κ2) is 9.55. The number of nitrogens with one attached hydrogen (secondary N) is 1. The number of carboxylic acids is 1. The molecule has 1 aromatic rings. The number of hydrogen-bond acceptors (Lipinski definition) is 2. The lowest BCUT2D eigenvalue weighted by atomic mass is 10.1. The van der Waals surface area contributed by atoms with Crippen LogP contribution in [-0.4, -0.2) is 23.5 Å². The highest BCUT2D eigenvalue weighted by molar-refractivity contribution is 9.10. The minimum atomic E-state index is -0.731. The largest absolute Gasteiger partial charge is 0.481 e. The number of carbonyl (C=O) groups is 2. The van der Waals surface area contributed by atoms with E-state index in [1.165, 1.54) is 0 Å². The van der Waals surface area contributed by atoms with Gasteiger partial charge in [0.25, 0.3) is 5.91 Å². The van der Waals surface area contributed by atoms with Crippen molar-refractivity contribution in [2.45, 2.75) is 45.4 Å². The maximum Gasteiger partial charge on any atom is 0.303 e. The first kappa shape index (κ1) is 17.7. The smallest absolute Gasteiger partial charge is 0.303 e. The second-order valence-electron chi connectivity index (χ2n) is 5.15. The highest BCUT2D eigenvalue weighted by Gasteiger charge is 2.08. The molecule has 4 nitrogen and oxygen atoms in total. The van der Waals surface area contributed by atoms with Crippen LogP contribution >= 0.6 is 15.9 Å². The Morgan fingerprint density at radius 1 is 1.14 bits per heavy atom. The first-order valence-electron chi connectivity index (χ1n) is 7.27. The van der Waals surface area contributed by atoms with Crippen molar-refractivity contribution in [3.8, 4) is 0 Å². The minimum absolute atomic E-state index is 0.0623. The van der Waals surface area contributed by atoms with Gasteiger partial charge < -0.3 is 10.4 Å². The van der Waals surface area contributed by atoms with Gasteiger partial charge in [-0.05, 0) is 53.4 Å². The van der Waals surface area contributed by atoms with Crippen molar-refractivity contribution >= 4 is 27.8 Å². The SMILES string of the molecule is Cc1ccc(C(=O)NCCCCCCCC(=O)O)c(Br)c1. The number of aryl methyl sites for hydroxylation is 1. The number of amides is 1. The zero-order valence-corrected chi connectivity index (χ0v) is 13.9. The molecule has 0 heterocycles. The van der Waals surface area contributed by atoms with Crippen LogP contribution in [-0.2, 0) is 4.79 Å². The van der Waals surface area contributed by atoms with Gasteiger partial charge in [-0.1, -0.05) is 25.3 Å². The van der Waals surface area contributed by atoms with Gasteiger partial charge in [0.15, 0.2) is 0 Å². The van der Waals surface area contributed by atoms with Crippen molar-refractivity contribution in [3.05, 3.63) is 33.8 Å². The summed E-state index contributed by atoms with van der Waals surface area (Å²) in [5.41, 5.74) is 1.77. The summed E-state index contributed by atoms with van der Waals surface area (Å²) in [6.45, 7) is 2.63. The molecule has 1 aromatic carbocycles. The van der Waals surface area contributed by atoms with Crippen LogP contribution < -0.4 is 5.32 Å². The lowest BCUT2D eigenvalue weighted by molar-refractivity contribution is -0.137. The molecule has 116 valence electrons.